The highest BCUT2D eigenvalue weighted by atomic mass is 19.1. The van der Waals surface area contributed by atoms with Gasteiger partial charge in [-0.15, -0.1) is 0 Å². The first-order valence-electron chi connectivity index (χ1n) is 4.68. The minimum absolute atomic E-state index is 0.307. The second kappa shape index (κ2) is 4.89. The third-order valence-electron chi connectivity index (χ3n) is 2.06. The summed E-state index contributed by atoms with van der Waals surface area (Å²) in [5.41, 5.74) is 0.684. The van der Waals surface area contributed by atoms with Crippen LogP contribution in [0.3, 0.4) is 0 Å². The molecule has 0 saturated heterocycles. The van der Waals surface area contributed by atoms with E-state index in [1.807, 2.05) is 0 Å². The molecule has 1 rings (SSSR count). The van der Waals surface area contributed by atoms with Crippen molar-refractivity contribution in [3.8, 4) is 0 Å². The maximum absolute atomic E-state index is 13.5. The second-order valence-electron chi connectivity index (χ2n) is 3.56. The van der Waals surface area contributed by atoms with Crippen LogP contribution >= 0.6 is 0 Å². The molecule has 4 heteroatoms. The highest BCUT2D eigenvalue weighted by molar-refractivity contribution is 5.75. The molecule has 0 spiro atoms. The molecule has 0 aromatic heterocycles. The Labute approximate surface area is 88.1 Å². The predicted octanol–water partition coefficient (Wildman–Crippen LogP) is 1.46. The Hall–Kier alpha value is -1.42. The first kappa shape index (κ1) is 11.7. The number of anilines is 1. The van der Waals surface area contributed by atoms with E-state index in [0.717, 1.165) is 0 Å². The van der Waals surface area contributed by atoms with Crippen molar-refractivity contribution >= 4 is 12.0 Å². The van der Waals surface area contributed by atoms with Gasteiger partial charge in [-0.2, -0.15) is 0 Å². The zero-order valence-corrected chi connectivity index (χ0v) is 8.77. The van der Waals surface area contributed by atoms with Crippen molar-refractivity contribution in [1.29, 1.82) is 0 Å². The van der Waals surface area contributed by atoms with E-state index in [-0.39, 0.29) is 0 Å². The maximum atomic E-state index is 13.5. The Morgan fingerprint density at radius 1 is 1.60 bits per heavy atom. The standard InChI is InChI=1S/C11H14FNO2/c1-8(15)6-13(2)11-4-3-9(7-14)5-10(11)12/h3-5,7-8,15H,6H2,1-2H3. The third-order valence-corrected chi connectivity index (χ3v) is 2.06. The molecule has 0 bridgehead atoms. The fourth-order valence-electron chi connectivity index (χ4n) is 1.40. The van der Waals surface area contributed by atoms with Gasteiger partial charge in [-0.3, -0.25) is 4.79 Å². The summed E-state index contributed by atoms with van der Waals surface area (Å²) in [6.45, 7) is 1.98. The minimum Gasteiger partial charge on any atom is -0.392 e. The summed E-state index contributed by atoms with van der Waals surface area (Å²) >= 11 is 0. The number of carbonyl (C=O) groups excluding carboxylic acids is 1. The van der Waals surface area contributed by atoms with Gasteiger partial charge in [0.2, 0.25) is 0 Å². The van der Waals surface area contributed by atoms with Gasteiger partial charge in [-0.1, -0.05) is 0 Å². The molecule has 0 heterocycles. The zero-order valence-electron chi connectivity index (χ0n) is 8.77. The molecule has 0 radical (unpaired) electrons. The Morgan fingerprint density at radius 3 is 2.73 bits per heavy atom. The van der Waals surface area contributed by atoms with Gasteiger partial charge in [0.15, 0.2) is 0 Å². The van der Waals surface area contributed by atoms with Gasteiger partial charge in [-0.05, 0) is 25.1 Å². The molecule has 15 heavy (non-hydrogen) atoms. The quantitative estimate of drug-likeness (QED) is 0.766. The molecule has 0 fully saturated rings. The molecule has 0 aliphatic heterocycles. The fourth-order valence-corrected chi connectivity index (χ4v) is 1.40. The van der Waals surface area contributed by atoms with E-state index in [9.17, 15) is 9.18 Å². The van der Waals surface area contributed by atoms with Crippen LogP contribution in [0.5, 0.6) is 0 Å². The van der Waals surface area contributed by atoms with Crippen LogP contribution in [0.25, 0.3) is 0 Å². The van der Waals surface area contributed by atoms with Gasteiger partial charge in [0.1, 0.15) is 12.1 Å². The van der Waals surface area contributed by atoms with Crippen molar-refractivity contribution in [3.63, 3.8) is 0 Å². The third kappa shape index (κ3) is 3.02. The topological polar surface area (TPSA) is 40.5 Å². The lowest BCUT2D eigenvalue weighted by Crippen LogP contribution is -2.27. The first-order valence-corrected chi connectivity index (χ1v) is 4.68. The largest absolute Gasteiger partial charge is 0.392 e. The van der Waals surface area contributed by atoms with Crippen LogP contribution in [-0.2, 0) is 0 Å². The van der Waals surface area contributed by atoms with Crippen LogP contribution in [-0.4, -0.2) is 31.1 Å². The number of aldehydes is 1. The Bertz CT molecular complexity index is 352. The smallest absolute Gasteiger partial charge is 0.150 e. The van der Waals surface area contributed by atoms with E-state index < -0.39 is 11.9 Å². The van der Waals surface area contributed by atoms with E-state index >= 15 is 0 Å². The lowest BCUT2D eigenvalue weighted by molar-refractivity contribution is 0.112. The van der Waals surface area contributed by atoms with Crippen molar-refractivity contribution in [2.45, 2.75) is 13.0 Å². The summed E-state index contributed by atoms with van der Waals surface area (Å²) in [6, 6.07) is 4.26. The minimum atomic E-state index is -0.528. The number of hydrogen-bond donors (Lipinski definition) is 1. The monoisotopic (exact) mass is 211 g/mol. The normalized spacial score (nSPS) is 12.3. The van der Waals surface area contributed by atoms with Crippen LogP contribution in [0.1, 0.15) is 17.3 Å². The fraction of sp³-hybridized carbons (Fsp3) is 0.364. The molecule has 1 atom stereocenters. The number of carbonyl (C=O) groups is 1. The Morgan fingerprint density at radius 2 is 2.27 bits per heavy atom. The average molecular weight is 211 g/mol. The molecular weight excluding hydrogens is 197 g/mol. The number of aliphatic hydroxyl groups excluding tert-OH is 1. The number of nitrogens with zero attached hydrogens (tertiary/aromatic N) is 1. The molecule has 1 aromatic carbocycles. The molecule has 3 nitrogen and oxygen atoms in total. The van der Waals surface area contributed by atoms with Crippen LogP contribution in [0.2, 0.25) is 0 Å². The summed E-state index contributed by atoms with van der Waals surface area (Å²) in [5.74, 6) is -0.456. The molecule has 1 unspecified atom stereocenters. The lowest BCUT2D eigenvalue weighted by Gasteiger charge is -2.21. The van der Waals surface area contributed by atoms with Crippen LogP contribution < -0.4 is 4.90 Å². The Kier molecular flexibility index (Phi) is 3.80. The summed E-state index contributed by atoms with van der Waals surface area (Å²) in [7, 11) is 1.69. The molecular formula is C11H14FNO2. The van der Waals surface area contributed by atoms with E-state index in [1.165, 1.54) is 12.1 Å². The van der Waals surface area contributed by atoms with Crippen molar-refractivity contribution in [1.82, 2.24) is 0 Å². The molecule has 1 N–H and O–H groups in total. The predicted molar refractivity (Wildman–Crippen MR) is 56.7 cm³/mol. The van der Waals surface area contributed by atoms with Gasteiger partial charge in [0.25, 0.3) is 0 Å². The first-order chi connectivity index (χ1) is 7.04. The van der Waals surface area contributed by atoms with Gasteiger partial charge >= 0.3 is 0 Å². The number of rotatable bonds is 4. The highest BCUT2D eigenvalue weighted by Crippen LogP contribution is 2.18. The van der Waals surface area contributed by atoms with Crippen molar-refractivity contribution in [2.24, 2.45) is 0 Å². The zero-order chi connectivity index (χ0) is 11.4. The maximum Gasteiger partial charge on any atom is 0.150 e. The van der Waals surface area contributed by atoms with Gasteiger partial charge < -0.3 is 10.0 Å². The number of halogens is 1. The van der Waals surface area contributed by atoms with E-state index in [4.69, 9.17) is 5.11 Å². The van der Waals surface area contributed by atoms with Crippen molar-refractivity contribution in [3.05, 3.63) is 29.6 Å². The number of hydrogen-bond acceptors (Lipinski definition) is 3. The second-order valence-corrected chi connectivity index (χ2v) is 3.56. The van der Waals surface area contributed by atoms with E-state index in [0.29, 0.717) is 24.1 Å². The van der Waals surface area contributed by atoms with Gasteiger partial charge in [-0.25, -0.2) is 4.39 Å². The molecule has 0 aliphatic rings. The van der Waals surface area contributed by atoms with Gasteiger partial charge in [0, 0.05) is 19.2 Å². The number of benzene rings is 1. The van der Waals surface area contributed by atoms with Crippen LogP contribution in [0, 0.1) is 5.82 Å². The summed E-state index contributed by atoms with van der Waals surface area (Å²) < 4.78 is 13.5. The number of aliphatic hydroxyl groups is 1. The molecule has 1 aromatic rings. The summed E-state index contributed by atoms with van der Waals surface area (Å²) in [5, 5.41) is 9.16. The average Bonchev–Trinajstić information content (AvgIpc) is 2.16. The summed E-state index contributed by atoms with van der Waals surface area (Å²) in [6.07, 6.45) is 0.0711. The van der Waals surface area contributed by atoms with Crippen LogP contribution in [0.4, 0.5) is 10.1 Å². The Balaban J connectivity index is 2.90. The van der Waals surface area contributed by atoms with Crippen molar-refractivity contribution in [2.75, 3.05) is 18.5 Å². The van der Waals surface area contributed by atoms with Crippen LogP contribution in [0.15, 0.2) is 18.2 Å². The van der Waals surface area contributed by atoms with E-state index in [1.54, 1.807) is 24.9 Å². The highest BCUT2D eigenvalue weighted by Gasteiger charge is 2.09. The molecule has 0 aliphatic carbocycles. The lowest BCUT2D eigenvalue weighted by atomic mass is 10.2. The molecule has 82 valence electrons. The number of likely N-dealkylation sites (N-methyl/N-ethyl adjacent to an activating group) is 1. The van der Waals surface area contributed by atoms with Crippen molar-refractivity contribution < 1.29 is 14.3 Å². The van der Waals surface area contributed by atoms with E-state index in [2.05, 4.69) is 0 Å². The molecule has 0 amide bonds. The van der Waals surface area contributed by atoms with Gasteiger partial charge in [0.05, 0.1) is 11.8 Å². The molecule has 0 saturated carbocycles. The SMILES string of the molecule is CC(O)CN(C)c1ccc(C=O)cc1F. The summed E-state index contributed by atoms with van der Waals surface area (Å²) in [4.78, 5) is 12.0.